The Bertz CT molecular complexity index is 1040. The van der Waals surface area contributed by atoms with Crippen LogP contribution in [0.3, 0.4) is 0 Å². The predicted octanol–water partition coefficient (Wildman–Crippen LogP) is 4.18. The number of nitrogens with zero attached hydrogens (tertiary/aromatic N) is 2. The number of para-hydroxylation sites is 1. The number of fused-ring (bicyclic) bond motifs is 1. The fourth-order valence-electron chi connectivity index (χ4n) is 3.55. The number of aromatic nitrogens is 1. The fourth-order valence-corrected chi connectivity index (χ4v) is 6.41. The summed E-state index contributed by atoms with van der Waals surface area (Å²) < 4.78 is 34.6. The predicted molar refractivity (Wildman–Crippen MR) is 108 cm³/mol. The molecule has 142 valence electrons. The maximum absolute atomic E-state index is 13.3. The number of hydrogen-bond donors (Lipinski definition) is 0. The number of methoxy groups -OCH3 is 1. The van der Waals surface area contributed by atoms with E-state index >= 15 is 0 Å². The summed E-state index contributed by atoms with van der Waals surface area (Å²) in [4.78, 5) is 4.99. The summed E-state index contributed by atoms with van der Waals surface area (Å²) in [7, 11) is -2.11. The van der Waals surface area contributed by atoms with Gasteiger partial charge in [-0.15, -0.1) is 11.3 Å². The zero-order chi connectivity index (χ0) is 19.0. The van der Waals surface area contributed by atoms with Gasteiger partial charge in [-0.3, -0.25) is 0 Å². The SMILES string of the molecule is COc1ccc(C)cc1S(=O)(=O)N1CCC[C@@H](c2nc3ccccc3s2)C1. The van der Waals surface area contributed by atoms with Crippen molar-refractivity contribution < 1.29 is 13.2 Å². The summed E-state index contributed by atoms with van der Waals surface area (Å²) >= 11 is 1.67. The van der Waals surface area contributed by atoms with Crippen molar-refractivity contribution in [3.8, 4) is 5.75 Å². The lowest BCUT2D eigenvalue weighted by Crippen LogP contribution is -2.39. The van der Waals surface area contributed by atoms with Crippen LogP contribution in [0.5, 0.6) is 5.75 Å². The molecule has 1 fully saturated rings. The van der Waals surface area contributed by atoms with Gasteiger partial charge in [0.2, 0.25) is 10.0 Å². The second-order valence-corrected chi connectivity index (χ2v) is 9.84. The molecule has 1 aromatic heterocycles. The minimum atomic E-state index is -3.61. The second kappa shape index (κ2) is 7.22. The smallest absolute Gasteiger partial charge is 0.246 e. The molecule has 27 heavy (non-hydrogen) atoms. The van der Waals surface area contributed by atoms with Gasteiger partial charge in [0, 0.05) is 19.0 Å². The molecule has 4 rings (SSSR count). The minimum absolute atomic E-state index is 0.127. The van der Waals surface area contributed by atoms with Gasteiger partial charge < -0.3 is 4.74 Å². The number of rotatable bonds is 4. The van der Waals surface area contributed by atoms with Crippen LogP contribution in [0.2, 0.25) is 0 Å². The number of ether oxygens (including phenoxy) is 1. The van der Waals surface area contributed by atoms with Gasteiger partial charge in [-0.1, -0.05) is 18.2 Å². The summed E-state index contributed by atoms with van der Waals surface area (Å²) in [5.74, 6) is 0.518. The number of benzene rings is 2. The highest BCUT2D eigenvalue weighted by Gasteiger charge is 2.34. The highest BCUT2D eigenvalue weighted by Crippen LogP contribution is 2.36. The topological polar surface area (TPSA) is 59.5 Å². The van der Waals surface area contributed by atoms with E-state index in [-0.39, 0.29) is 10.8 Å². The molecule has 0 N–H and O–H groups in total. The zero-order valence-electron chi connectivity index (χ0n) is 15.4. The molecular weight excluding hydrogens is 380 g/mol. The Hall–Kier alpha value is -1.96. The van der Waals surface area contributed by atoms with E-state index in [0.717, 1.165) is 33.6 Å². The maximum atomic E-state index is 13.3. The Morgan fingerprint density at radius 1 is 1.22 bits per heavy atom. The monoisotopic (exact) mass is 402 g/mol. The molecule has 0 bridgehead atoms. The first-order valence-electron chi connectivity index (χ1n) is 8.99. The number of aryl methyl sites for hydroxylation is 1. The van der Waals surface area contributed by atoms with Crippen LogP contribution in [0.25, 0.3) is 10.2 Å². The van der Waals surface area contributed by atoms with Crippen molar-refractivity contribution in [3.63, 3.8) is 0 Å². The van der Waals surface area contributed by atoms with Gasteiger partial charge in [0.05, 0.1) is 22.3 Å². The van der Waals surface area contributed by atoms with Gasteiger partial charge in [-0.2, -0.15) is 4.31 Å². The van der Waals surface area contributed by atoms with Gasteiger partial charge >= 0.3 is 0 Å². The molecule has 0 unspecified atom stereocenters. The normalized spacial score (nSPS) is 18.7. The summed E-state index contributed by atoms with van der Waals surface area (Å²) in [6, 6.07) is 13.3. The van der Waals surface area contributed by atoms with Gasteiger partial charge in [-0.05, 0) is 49.6 Å². The first-order valence-corrected chi connectivity index (χ1v) is 11.2. The first-order chi connectivity index (χ1) is 13.0. The van der Waals surface area contributed by atoms with E-state index in [0.29, 0.717) is 18.8 Å². The molecule has 2 heterocycles. The number of sulfonamides is 1. The molecule has 0 amide bonds. The van der Waals surface area contributed by atoms with E-state index in [1.54, 1.807) is 27.8 Å². The van der Waals surface area contributed by atoms with Crippen LogP contribution >= 0.6 is 11.3 Å². The molecule has 1 saturated heterocycles. The van der Waals surface area contributed by atoms with Crippen LogP contribution in [0.15, 0.2) is 47.4 Å². The molecule has 0 saturated carbocycles. The van der Waals surface area contributed by atoms with Crippen LogP contribution in [0.1, 0.15) is 29.3 Å². The number of hydrogen-bond acceptors (Lipinski definition) is 5. The van der Waals surface area contributed by atoms with Crippen LogP contribution in [-0.4, -0.2) is 37.9 Å². The largest absolute Gasteiger partial charge is 0.495 e. The van der Waals surface area contributed by atoms with E-state index in [4.69, 9.17) is 9.72 Å². The lowest BCUT2D eigenvalue weighted by atomic mass is 10.0. The third kappa shape index (κ3) is 3.47. The minimum Gasteiger partial charge on any atom is -0.495 e. The van der Waals surface area contributed by atoms with Crippen molar-refractivity contribution in [2.75, 3.05) is 20.2 Å². The summed E-state index contributed by atoms with van der Waals surface area (Å²) in [5.41, 5.74) is 1.88. The highest BCUT2D eigenvalue weighted by atomic mass is 32.2. The van der Waals surface area contributed by atoms with E-state index in [9.17, 15) is 8.42 Å². The molecule has 0 aliphatic carbocycles. The van der Waals surface area contributed by atoms with E-state index in [1.807, 2.05) is 31.2 Å². The van der Waals surface area contributed by atoms with Gasteiger partial charge in [-0.25, -0.2) is 13.4 Å². The third-order valence-electron chi connectivity index (χ3n) is 4.98. The van der Waals surface area contributed by atoms with Crippen LogP contribution in [0.4, 0.5) is 0 Å². The molecule has 0 radical (unpaired) electrons. The van der Waals surface area contributed by atoms with Crippen LogP contribution in [0, 0.1) is 6.92 Å². The van der Waals surface area contributed by atoms with Crippen molar-refractivity contribution in [2.45, 2.75) is 30.6 Å². The standard InChI is InChI=1S/C20H22N2O3S2/c1-14-9-10-17(25-2)19(12-14)27(23,24)22-11-5-6-15(13-22)20-21-16-7-3-4-8-18(16)26-20/h3-4,7-10,12,15H,5-6,11,13H2,1-2H3/t15-/m1/s1. The summed E-state index contributed by atoms with van der Waals surface area (Å²) in [6.07, 6.45) is 1.78. The third-order valence-corrected chi connectivity index (χ3v) is 8.07. The fraction of sp³-hybridized carbons (Fsp3) is 0.350. The molecule has 0 spiro atoms. The molecule has 1 aliphatic rings. The summed E-state index contributed by atoms with van der Waals surface area (Å²) in [6.45, 7) is 2.87. The lowest BCUT2D eigenvalue weighted by molar-refractivity contribution is 0.313. The zero-order valence-corrected chi connectivity index (χ0v) is 17.0. The Morgan fingerprint density at radius 3 is 2.81 bits per heavy atom. The molecule has 2 aromatic carbocycles. The van der Waals surface area contributed by atoms with Crippen LogP contribution < -0.4 is 4.74 Å². The van der Waals surface area contributed by atoms with Crippen molar-refractivity contribution in [1.29, 1.82) is 0 Å². The molecule has 1 atom stereocenters. The first kappa shape index (κ1) is 18.4. The summed E-state index contributed by atoms with van der Waals surface area (Å²) in [5, 5.41) is 1.02. The van der Waals surface area contributed by atoms with Crippen molar-refractivity contribution in [3.05, 3.63) is 53.0 Å². The van der Waals surface area contributed by atoms with Gasteiger partial charge in [0.15, 0.2) is 0 Å². The van der Waals surface area contributed by atoms with E-state index in [2.05, 4.69) is 6.07 Å². The average Bonchev–Trinajstić information content (AvgIpc) is 3.12. The Labute approximate surface area is 163 Å². The Balaban J connectivity index is 1.65. The Morgan fingerprint density at radius 2 is 2.04 bits per heavy atom. The van der Waals surface area contributed by atoms with Crippen molar-refractivity contribution >= 4 is 31.6 Å². The van der Waals surface area contributed by atoms with Gasteiger partial charge in [0.1, 0.15) is 10.6 Å². The van der Waals surface area contributed by atoms with Crippen molar-refractivity contribution in [2.24, 2.45) is 0 Å². The molecular formula is C20H22N2O3S2. The van der Waals surface area contributed by atoms with Gasteiger partial charge in [0.25, 0.3) is 0 Å². The Kier molecular flexibility index (Phi) is 4.92. The number of thiazole rings is 1. The molecule has 3 aromatic rings. The van der Waals surface area contributed by atoms with Crippen LogP contribution in [-0.2, 0) is 10.0 Å². The molecule has 5 nitrogen and oxygen atoms in total. The van der Waals surface area contributed by atoms with Crippen molar-refractivity contribution in [1.82, 2.24) is 9.29 Å². The van der Waals surface area contributed by atoms with E-state index < -0.39 is 10.0 Å². The lowest BCUT2D eigenvalue weighted by Gasteiger charge is -2.31. The quantitative estimate of drug-likeness (QED) is 0.657. The average molecular weight is 403 g/mol. The number of piperidine rings is 1. The maximum Gasteiger partial charge on any atom is 0.246 e. The molecule has 1 aliphatic heterocycles. The highest BCUT2D eigenvalue weighted by molar-refractivity contribution is 7.89. The second-order valence-electron chi connectivity index (χ2n) is 6.88. The van der Waals surface area contributed by atoms with E-state index in [1.165, 1.54) is 7.11 Å². The molecule has 7 heteroatoms.